The standard InChI is InChI=1S/C17H33N3O/c1-5-14-6-7-16(13(14)2)18-15-8-10-20(11-9-15)12-17(21)19(3)4/h13-16,18H,5-12H2,1-4H3. The van der Waals surface area contributed by atoms with Gasteiger partial charge in [-0.3, -0.25) is 9.69 Å². The Bertz CT molecular complexity index is 337. The first kappa shape index (κ1) is 16.8. The van der Waals surface area contributed by atoms with Gasteiger partial charge < -0.3 is 10.2 Å². The highest BCUT2D eigenvalue weighted by Gasteiger charge is 2.33. The summed E-state index contributed by atoms with van der Waals surface area (Å²) in [5.74, 6) is 1.96. The Labute approximate surface area is 130 Å². The molecule has 0 radical (unpaired) electrons. The molecular formula is C17H33N3O. The topological polar surface area (TPSA) is 35.6 Å². The van der Waals surface area contributed by atoms with Crippen LogP contribution in [0.25, 0.3) is 0 Å². The molecule has 0 bridgehead atoms. The number of hydrogen-bond acceptors (Lipinski definition) is 3. The minimum Gasteiger partial charge on any atom is -0.348 e. The number of piperidine rings is 1. The molecule has 2 fully saturated rings. The molecule has 0 aromatic carbocycles. The Balaban J connectivity index is 1.71. The summed E-state index contributed by atoms with van der Waals surface area (Å²) >= 11 is 0. The molecule has 1 saturated carbocycles. The number of nitrogens with zero attached hydrogens (tertiary/aromatic N) is 2. The molecule has 0 aromatic heterocycles. The van der Waals surface area contributed by atoms with Gasteiger partial charge in [-0.15, -0.1) is 0 Å². The third-order valence-corrected chi connectivity index (χ3v) is 5.65. The van der Waals surface area contributed by atoms with E-state index >= 15 is 0 Å². The maximum absolute atomic E-state index is 11.8. The first-order valence-corrected chi connectivity index (χ1v) is 8.69. The Morgan fingerprint density at radius 1 is 1.19 bits per heavy atom. The number of amides is 1. The second-order valence-corrected chi connectivity index (χ2v) is 7.22. The summed E-state index contributed by atoms with van der Waals surface area (Å²) in [5.41, 5.74) is 0. The molecule has 122 valence electrons. The van der Waals surface area contributed by atoms with E-state index in [-0.39, 0.29) is 5.91 Å². The van der Waals surface area contributed by atoms with Gasteiger partial charge in [0.2, 0.25) is 5.91 Å². The largest absolute Gasteiger partial charge is 0.348 e. The quantitative estimate of drug-likeness (QED) is 0.842. The minimum absolute atomic E-state index is 0.219. The zero-order valence-corrected chi connectivity index (χ0v) is 14.3. The predicted molar refractivity (Wildman–Crippen MR) is 87.3 cm³/mol. The molecule has 1 N–H and O–H groups in total. The Kier molecular flexibility index (Phi) is 6.06. The van der Waals surface area contributed by atoms with Gasteiger partial charge in [-0.1, -0.05) is 20.3 Å². The van der Waals surface area contributed by atoms with Gasteiger partial charge in [-0.2, -0.15) is 0 Å². The second kappa shape index (κ2) is 7.59. The summed E-state index contributed by atoms with van der Waals surface area (Å²) in [4.78, 5) is 15.7. The molecule has 0 aromatic rings. The first-order chi connectivity index (χ1) is 10.0. The van der Waals surface area contributed by atoms with E-state index < -0.39 is 0 Å². The molecule has 3 atom stereocenters. The van der Waals surface area contributed by atoms with E-state index in [4.69, 9.17) is 0 Å². The highest BCUT2D eigenvalue weighted by atomic mass is 16.2. The van der Waals surface area contributed by atoms with Crippen LogP contribution in [0.3, 0.4) is 0 Å². The van der Waals surface area contributed by atoms with E-state index in [9.17, 15) is 4.79 Å². The normalized spacial score (nSPS) is 31.5. The number of carbonyl (C=O) groups is 1. The van der Waals surface area contributed by atoms with Crippen molar-refractivity contribution >= 4 is 5.91 Å². The van der Waals surface area contributed by atoms with Crippen molar-refractivity contribution in [2.45, 2.75) is 58.0 Å². The maximum atomic E-state index is 11.8. The molecule has 4 heteroatoms. The van der Waals surface area contributed by atoms with E-state index in [0.29, 0.717) is 12.6 Å². The van der Waals surface area contributed by atoms with Crippen LogP contribution in [0.5, 0.6) is 0 Å². The lowest BCUT2D eigenvalue weighted by molar-refractivity contribution is -0.130. The number of nitrogens with one attached hydrogen (secondary N) is 1. The Morgan fingerprint density at radius 2 is 1.86 bits per heavy atom. The van der Waals surface area contributed by atoms with Gasteiger partial charge in [0.15, 0.2) is 0 Å². The molecular weight excluding hydrogens is 262 g/mol. The summed E-state index contributed by atoms with van der Waals surface area (Å²) in [7, 11) is 3.67. The molecule has 1 heterocycles. The van der Waals surface area contributed by atoms with Crippen LogP contribution in [-0.2, 0) is 4.79 Å². The van der Waals surface area contributed by atoms with E-state index in [2.05, 4.69) is 24.1 Å². The van der Waals surface area contributed by atoms with Crippen molar-refractivity contribution in [1.29, 1.82) is 0 Å². The zero-order valence-electron chi connectivity index (χ0n) is 14.3. The fourth-order valence-corrected chi connectivity index (χ4v) is 3.95. The molecule has 1 aliphatic carbocycles. The van der Waals surface area contributed by atoms with Gasteiger partial charge in [0.05, 0.1) is 6.54 Å². The lowest BCUT2D eigenvalue weighted by Gasteiger charge is -2.35. The van der Waals surface area contributed by atoms with Crippen LogP contribution in [0.15, 0.2) is 0 Å². The van der Waals surface area contributed by atoms with Crippen molar-refractivity contribution in [3.05, 3.63) is 0 Å². The maximum Gasteiger partial charge on any atom is 0.236 e. The molecule has 1 saturated heterocycles. The van der Waals surface area contributed by atoms with E-state index in [1.54, 1.807) is 4.90 Å². The van der Waals surface area contributed by atoms with Crippen molar-refractivity contribution in [1.82, 2.24) is 15.1 Å². The van der Waals surface area contributed by atoms with E-state index in [1.165, 1.54) is 32.1 Å². The van der Waals surface area contributed by atoms with Crippen LogP contribution in [0.4, 0.5) is 0 Å². The molecule has 1 amide bonds. The first-order valence-electron chi connectivity index (χ1n) is 8.69. The number of rotatable bonds is 5. The van der Waals surface area contributed by atoms with Crippen molar-refractivity contribution in [2.24, 2.45) is 11.8 Å². The fraction of sp³-hybridized carbons (Fsp3) is 0.941. The van der Waals surface area contributed by atoms with Crippen LogP contribution < -0.4 is 5.32 Å². The van der Waals surface area contributed by atoms with Crippen LogP contribution in [0.1, 0.15) is 46.0 Å². The smallest absolute Gasteiger partial charge is 0.236 e. The van der Waals surface area contributed by atoms with Crippen LogP contribution in [-0.4, -0.2) is 61.5 Å². The molecule has 21 heavy (non-hydrogen) atoms. The molecule has 2 rings (SSSR count). The van der Waals surface area contributed by atoms with Gasteiger partial charge in [0.1, 0.15) is 0 Å². The van der Waals surface area contributed by atoms with Gasteiger partial charge in [0.25, 0.3) is 0 Å². The van der Waals surface area contributed by atoms with Gasteiger partial charge in [0, 0.05) is 39.3 Å². The minimum atomic E-state index is 0.219. The number of carbonyl (C=O) groups excluding carboxylic acids is 1. The van der Waals surface area contributed by atoms with Crippen LogP contribution >= 0.6 is 0 Å². The Hall–Kier alpha value is -0.610. The monoisotopic (exact) mass is 295 g/mol. The molecule has 3 unspecified atom stereocenters. The lowest BCUT2D eigenvalue weighted by atomic mass is 9.92. The number of likely N-dealkylation sites (tertiary alicyclic amines) is 1. The molecule has 0 spiro atoms. The third kappa shape index (κ3) is 4.43. The van der Waals surface area contributed by atoms with Gasteiger partial charge in [-0.05, 0) is 37.5 Å². The summed E-state index contributed by atoms with van der Waals surface area (Å²) in [6.45, 7) is 7.43. The Morgan fingerprint density at radius 3 is 2.38 bits per heavy atom. The molecule has 4 nitrogen and oxygen atoms in total. The summed E-state index contributed by atoms with van der Waals surface area (Å²) in [6, 6.07) is 1.37. The van der Waals surface area contributed by atoms with Crippen molar-refractivity contribution in [3.8, 4) is 0 Å². The summed E-state index contributed by atoms with van der Waals surface area (Å²) < 4.78 is 0. The predicted octanol–water partition coefficient (Wildman–Crippen LogP) is 1.95. The van der Waals surface area contributed by atoms with Crippen molar-refractivity contribution in [2.75, 3.05) is 33.7 Å². The fourth-order valence-electron chi connectivity index (χ4n) is 3.95. The highest BCUT2D eigenvalue weighted by molar-refractivity contribution is 5.77. The summed E-state index contributed by atoms with van der Waals surface area (Å²) in [5, 5.41) is 3.91. The van der Waals surface area contributed by atoms with Crippen LogP contribution in [0, 0.1) is 11.8 Å². The number of hydrogen-bond donors (Lipinski definition) is 1. The van der Waals surface area contributed by atoms with Crippen molar-refractivity contribution in [3.63, 3.8) is 0 Å². The van der Waals surface area contributed by atoms with Crippen molar-refractivity contribution < 1.29 is 4.79 Å². The molecule has 1 aliphatic heterocycles. The molecule has 2 aliphatic rings. The van der Waals surface area contributed by atoms with Crippen LogP contribution in [0.2, 0.25) is 0 Å². The number of likely N-dealkylation sites (N-methyl/N-ethyl adjacent to an activating group) is 1. The SMILES string of the molecule is CCC1CCC(NC2CCN(CC(=O)N(C)C)CC2)C1C. The van der Waals surface area contributed by atoms with Gasteiger partial charge in [-0.25, -0.2) is 0 Å². The zero-order chi connectivity index (χ0) is 15.4. The average molecular weight is 295 g/mol. The third-order valence-electron chi connectivity index (χ3n) is 5.65. The summed E-state index contributed by atoms with van der Waals surface area (Å²) in [6.07, 6.45) is 6.43. The van der Waals surface area contributed by atoms with E-state index in [1.807, 2.05) is 14.1 Å². The van der Waals surface area contributed by atoms with E-state index in [0.717, 1.165) is 31.0 Å². The lowest BCUT2D eigenvalue weighted by Crippen LogP contribution is -2.49. The average Bonchev–Trinajstić information content (AvgIpc) is 2.81. The highest BCUT2D eigenvalue weighted by Crippen LogP contribution is 2.34. The van der Waals surface area contributed by atoms with Gasteiger partial charge >= 0.3 is 0 Å². The second-order valence-electron chi connectivity index (χ2n) is 7.22.